The maximum Gasteiger partial charge on any atom is 0.267 e. The molecule has 0 bridgehead atoms. The molecule has 106 valence electrons. The van der Waals surface area contributed by atoms with Gasteiger partial charge in [-0.2, -0.15) is 0 Å². The first-order valence-corrected chi connectivity index (χ1v) is 8.28. The average molecular weight is 335 g/mol. The van der Waals surface area contributed by atoms with Crippen molar-refractivity contribution in [3.8, 4) is 9.88 Å². The molecule has 0 aliphatic rings. The second-order valence-electron chi connectivity index (χ2n) is 4.42. The van der Waals surface area contributed by atoms with Crippen LogP contribution in [0.3, 0.4) is 0 Å². The van der Waals surface area contributed by atoms with E-state index in [1.54, 1.807) is 29.7 Å². The van der Waals surface area contributed by atoms with Gasteiger partial charge in [-0.15, -0.1) is 22.7 Å². The van der Waals surface area contributed by atoms with Gasteiger partial charge in [-0.25, -0.2) is 4.98 Å². The Kier molecular flexibility index (Phi) is 4.05. The number of halogens is 1. The fraction of sp³-hybridized carbons (Fsp3) is 0.0667. The van der Waals surface area contributed by atoms with Crippen molar-refractivity contribution in [1.82, 2.24) is 4.98 Å². The van der Waals surface area contributed by atoms with Gasteiger partial charge in [0, 0.05) is 10.7 Å². The largest absolute Gasteiger partial charge is 0.321 e. The molecule has 6 heteroatoms. The summed E-state index contributed by atoms with van der Waals surface area (Å²) in [4.78, 5) is 18.2. The average Bonchev–Trinajstić information content (AvgIpc) is 3.10. The number of thiazole rings is 1. The predicted molar refractivity (Wildman–Crippen MR) is 89.6 cm³/mol. The van der Waals surface area contributed by atoms with Crippen LogP contribution in [0, 0.1) is 6.92 Å². The summed E-state index contributed by atoms with van der Waals surface area (Å²) >= 11 is 8.91. The van der Waals surface area contributed by atoms with Gasteiger partial charge in [0.2, 0.25) is 0 Å². The SMILES string of the molecule is Cc1cc(Cl)ccc1NC(=O)c1cnc(-c2cccs2)s1. The molecule has 3 aromatic rings. The molecule has 0 fully saturated rings. The van der Waals surface area contributed by atoms with Crippen LogP contribution in [0.15, 0.2) is 41.9 Å². The molecule has 1 amide bonds. The van der Waals surface area contributed by atoms with Crippen LogP contribution in [-0.4, -0.2) is 10.9 Å². The lowest BCUT2D eigenvalue weighted by molar-refractivity contribution is 0.103. The number of carbonyl (C=O) groups excluding carboxylic acids is 1. The molecule has 0 saturated heterocycles. The van der Waals surface area contributed by atoms with Crippen LogP contribution in [0.1, 0.15) is 15.2 Å². The van der Waals surface area contributed by atoms with E-state index in [4.69, 9.17) is 11.6 Å². The molecule has 21 heavy (non-hydrogen) atoms. The first kappa shape index (κ1) is 14.3. The highest BCUT2D eigenvalue weighted by atomic mass is 35.5. The Hall–Kier alpha value is -1.69. The topological polar surface area (TPSA) is 42.0 Å². The molecule has 3 rings (SSSR count). The molecule has 1 aromatic carbocycles. The Morgan fingerprint density at radius 3 is 2.90 bits per heavy atom. The summed E-state index contributed by atoms with van der Waals surface area (Å²) in [6, 6.07) is 9.35. The van der Waals surface area contributed by atoms with E-state index in [1.165, 1.54) is 11.3 Å². The number of aryl methyl sites for hydroxylation is 1. The normalized spacial score (nSPS) is 10.6. The number of hydrogen-bond acceptors (Lipinski definition) is 4. The minimum absolute atomic E-state index is 0.152. The van der Waals surface area contributed by atoms with E-state index in [-0.39, 0.29) is 5.91 Å². The van der Waals surface area contributed by atoms with Crippen molar-refractivity contribution in [2.24, 2.45) is 0 Å². The lowest BCUT2D eigenvalue weighted by Gasteiger charge is -2.07. The number of benzene rings is 1. The molecule has 1 N–H and O–H groups in total. The monoisotopic (exact) mass is 334 g/mol. The predicted octanol–water partition coefficient (Wildman–Crippen LogP) is 5.09. The zero-order valence-corrected chi connectivity index (χ0v) is 13.5. The van der Waals surface area contributed by atoms with Crippen molar-refractivity contribution in [1.29, 1.82) is 0 Å². The third-order valence-corrected chi connectivity index (χ3v) is 5.17. The first-order chi connectivity index (χ1) is 10.1. The molecule has 0 saturated carbocycles. The minimum atomic E-state index is -0.152. The maximum absolute atomic E-state index is 12.3. The van der Waals surface area contributed by atoms with Crippen LogP contribution in [0.5, 0.6) is 0 Å². The Morgan fingerprint density at radius 2 is 2.19 bits per heavy atom. The molecule has 0 unspecified atom stereocenters. The van der Waals surface area contributed by atoms with Gasteiger partial charge in [0.05, 0.1) is 11.1 Å². The van der Waals surface area contributed by atoms with Gasteiger partial charge < -0.3 is 5.32 Å². The number of aromatic nitrogens is 1. The molecule has 3 nitrogen and oxygen atoms in total. The summed E-state index contributed by atoms with van der Waals surface area (Å²) in [7, 11) is 0. The summed E-state index contributed by atoms with van der Waals surface area (Å²) in [6.07, 6.45) is 1.61. The number of thiophene rings is 1. The van der Waals surface area contributed by atoms with Gasteiger partial charge in [0.25, 0.3) is 5.91 Å². The van der Waals surface area contributed by atoms with Crippen molar-refractivity contribution < 1.29 is 4.79 Å². The highest BCUT2D eigenvalue weighted by Gasteiger charge is 2.13. The summed E-state index contributed by atoms with van der Waals surface area (Å²) in [5.41, 5.74) is 1.69. The molecular weight excluding hydrogens is 324 g/mol. The summed E-state index contributed by atoms with van der Waals surface area (Å²) in [6.45, 7) is 1.91. The Labute approximate surface area is 135 Å². The summed E-state index contributed by atoms with van der Waals surface area (Å²) in [5.74, 6) is -0.152. The van der Waals surface area contributed by atoms with Crippen LogP contribution in [0.2, 0.25) is 5.02 Å². The third-order valence-electron chi connectivity index (χ3n) is 2.90. The van der Waals surface area contributed by atoms with E-state index in [9.17, 15) is 4.79 Å². The van der Waals surface area contributed by atoms with E-state index < -0.39 is 0 Å². The number of nitrogens with zero attached hydrogens (tertiary/aromatic N) is 1. The quantitative estimate of drug-likeness (QED) is 0.725. The summed E-state index contributed by atoms with van der Waals surface area (Å²) in [5, 5.41) is 6.40. The van der Waals surface area contributed by atoms with Crippen molar-refractivity contribution in [2.75, 3.05) is 5.32 Å². The maximum atomic E-state index is 12.3. The molecule has 2 aromatic heterocycles. The van der Waals surface area contributed by atoms with E-state index in [2.05, 4.69) is 10.3 Å². The highest BCUT2D eigenvalue weighted by molar-refractivity contribution is 7.22. The second-order valence-corrected chi connectivity index (χ2v) is 6.84. The number of rotatable bonds is 3. The smallest absolute Gasteiger partial charge is 0.267 e. The minimum Gasteiger partial charge on any atom is -0.321 e. The molecule has 0 radical (unpaired) electrons. The number of amides is 1. The second kappa shape index (κ2) is 5.97. The lowest BCUT2D eigenvalue weighted by atomic mass is 10.2. The number of nitrogens with one attached hydrogen (secondary N) is 1. The number of anilines is 1. The Morgan fingerprint density at radius 1 is 1.33 bits per heavy atom. The van der Waals surface area contributed by atoms with E-state index in [0.29, 0.717) is 9.90 Å². The van der Waals surface area contributed by atoms with Gasteiger partial charge in [0.15, 0.2) is 0 Å². The van der Waals surface area contributed by atoms with Crippen LogP contribution < -0.4 is 5.32 Å². The third kappa shape index (κ3) is 3.15. The standard InChI is InChI=1S/C15H11ClN2OS2/c1-9-7-10(16)4-5-11(9)18-14(19)13-8-17-15(21-13)12-3-2-6-20-12/h2-8H,1H3,(H,18,19). The lowest BCUT2D eigenvalue weighted by Crippen LogP contribution is -2.11. The van der Waals surface area contributed by atoms with Crippen molar-refractivity contribution >= 4 is 45.9 Å². The van der Waals surface area contributed by atoms with Crippen LogP contribution in [0.4, 0.5) is 5.69 Å². The molecule has 0 spiro atoms. The Balaban J connectivity index is 1.79. The van der Waals surface area contributed by atoms with Crippen molar-refractivity contribution in [2.45, 2.75) is 6.92 Å². The highest BCUT2D eigenvalue weighted by Crippen LogP contribution is 2.29. The molecule has 0 aliphatic heterocycles. The van der Waals surface area contributed by atoms with Crippen molar-refractivity contribution in [3.05, 3.63) is 57.4 Å². The molecule has 2 heterocycles. The molecular formula is C15H11ClN2OS2. The van der Waals surface area contributed by atoms with E-state index in [1.807, 2.05) is 30.5 Å². The fourth-order valence-corrected chi connectivity index (χ4v) is 3.69. The summed E-state index contributed by atoms with van der Waals surface area (Å²) < 4.78 is 0. The molecule has 0 atom stereocenters. The zero-order chi connectivity index (χ0) is 14.8. The fourth-order valence-electron chi connectivity index (χ4n) is 1.84. The van der Waals surface area contributed by atoms with E-state index in [0.717, 1.165) is 21.1 Å². The van der Waals surface area contributed by atoms with Gasteiger partial charge in [-0.05, 0) is 42.1 Å². The number of carbonyl (C=O) groups is 1. The van der Waals surface area contributed by atoms with Crippen LogP contribution in [-0.2, 0) is 0 Å². The zero-order valence-electron chi connectivity index (χ0n) is 11.1. The van der Waals surface area contributed by atoms with Gasteiger partial charge in [-0.3, -0.25) is 4.79 Å². The van der Waals surface area contributed by atoms with Gasteiger partial charge in [-0.1, -0.05) is 17.7 Å². The first-order valence-electron chi connectivity index (χ1n) is 6.21. The van der Waals surface area contributed by atoms with Crippen LogP contribution >= 0.6 is 34.3 Å². The van der Waals surface area contributed by atoms with Gasteiger partial charge >= 0.3 is 0 Å². The van der Waals surface area contributed by atoms with Crippen molar-refractivity contribution in [3.63, 3.8) is 0 Å². The number of hydrogen-bond donors (Lipinski definition) is 1. The van der Waals surface area contributed by atoms with Crippen LogP contribution in [0.25, 0.3) is 9.88 Å². The van der Waals surface area contributed by atoms with Gasteiger partial charge in [0.1, 0.15) is 9.88 Å². The molecule has 0 aliphatic carbocycles. The van der Waals surface area contributed by atoms with E-state index >= 15 is 0 Å². The Bertz CT molecular complexity index is 781.